The number of hydrogen-bond donors (Lipinski definition) is 3. The van der Waals surface area contributed by atoms with Crippen LogP contribution in [0.2, 0.25) is 0 Å². The molecule has 5 nitrogen and oxygen atoms in total. The van der Waals surface area contributed by atoms with Gasteiger partial charge in [-0.3, -0.25) is 4.79 Å². The molecular formula is C17H24BNO4. The van der Waals surface area contributed by atoms with Gasteiger partial charge in [-0.2, -0.15) is 0 Å². The molecule has 23 heavy (non-hydrogen) atoms. The van der Waals surface area contributed by atoms with Gasteiger partial charge in [0, 0.05) is 0 Å². The van der Waals surface area contributed by atoms with Crippen molar-refractivity contribution in [2.45, 2.75) is 57.7 Å². The number of aryl methyl sites for hydroxylation is 2. The molecule has 0 unspecified atom stereocenters. The minimum absolute atomic E-state index is 0.00223. The molecule has 2 bridgehead atoms. The molecule has 2 fully saturated rings. The molecule has 4 atom stereocenters. The highest BCUT2D eigenvalue weighted by molar-refractivity contribution is 6.43. The van der Waals surface area contributed by atoms with Gasteiger partial charge < -0.3 is 20.1 Å². The number of amides is 1. The van der Waals surface area contributed by atoms with Gasteiger partial charge in [-0.05, 0) is 50.7 Å². The van der Waals surface area contributed by atoms with E-state index in [9.17, 15) is 14.8 Å². The second-order valence-electron chi connectivity index (χ2n) is 6.88. The summed E-state index contributed by atoms with van der Waals surface area (Å²) in [6.07, 6.45) is 3.30. The SMILES string of the molecule is Cc1ccc(C[C@H](NC(=O)[C@@H]2C[C@H]3CC[C@@H]2O3)B(O)O)c(C)c1. The first-order valence-electron chi connectivity index (χ1n) is 8.32. The van der Waals surface area contributed by atoms with E-state index in [-0.39, 0.29) is 24.0 Å². The Bertz CT molecular complexity index is 592. The van der Waals surface area contributed by atoms with Gasteiger partial charge in [0.1, 0.15) is 0 Å². The van der Waals surface area contributed by atoms with Gasteiger partial charge >= 0.3 is 7.12 Å². The van der Waals surface area contributed by atoms with Crippen molar-refractivity contribution in [3.05, 3.63) is 34.9 Å². The van der Waals surface area contributed by atoms with Crippen LogP contribution in [-0.2, 0) is 16.0 Å². The monoisotopic (exact) mass is 317 g/mol. The lowest BCUT2D eigenvalue weighted by molar-refractivity contribution is -0.126. The van der Waals surface area contributed by atoms with E-state index >= 15 is 0 Å². The van der Waals surface area contributed by atoms with Crippen LogP contribution in [-0.4, -0.2) is 41.2 Å². The van der Waals surface area contributed by atoms with Crippen LogP contribution in [0.1, 0.15) is 36.0 Å². The summed E-state index contributed by atoms with van der Waals surface area (Å²) in [5, 5.41) is 22.1. The molecule has 2 heterocycles. The number of nitrogens with one attached hydrogen (secondary N) is 1. The summed E-state index contributed by atoms with van der Waals surface area (Å²) in [6.45, 7) is 4.01. The lowest BCUT2D eigenvalue weighted by Gasteiger charge is -2.23. The van der Waals surface area contributed by atoms with Crippen LogP contribution in [0, 0.1) is 19.8 Å². The Kier molecular flexibility index (Phi) is 4.76. The first-order chi connectivity index (χ1) is 10.9. The van der Waals surface area contributed by atoms with Crippen LogP contribution in [0.15, 0.2) is 18.2 Å². The maximum atomic E-state index is 12.5. The zero-order valence-corrected chi connectivity index (χ0v) is 13.7. The maximum Gasteiger partial charge on any atom is 0.475 e. The predicted octanol–water partition coefficient (Wildman–Crippen LogP) is 0.910. The van der Waals surface area contributed by atoms with Crippen LogP contribution >= 0.6 is 0 Å². The number of fused-ring (bicyclic) bond motifs is 2. The van der Waals surface area contributed by atoms with E-state index in [0.29, 0.717) is 6.42 Å². The summed E-state index contributed by atoms with van der Waals surface area (Å²) in [6, 6.07) is 6.03. The second kappa shape index (κ2) is 6.63. The lowest BCUT2D eigenvalue weighted by atomic mass is 9.74. The van der Waals surface area contributed by atoms with Gasteiger partial charge in [0.25, 0.3) is 0 Å². The van der Waals surface area contributed by atoms with Crippen molar-refractivity contribution < 1.29 is 19.6 Å². The first kappa shape index (κ1) is 16.5. The molecule has 3 N–H and O–H groups in total. The third-order valence-corrected chi connectivity index (χ3v) is 5.07. The fraction of sp³-hybridized carbons (Fsp3) is 0.588. The van der Waals surface area contributed by atoms with E-state index < -0.39 is 13.1 Å². The third kappa shape index (κ3) is 3.60. The summed E-state index contributed by atoms with van der Waals surface area (Å²) in [5.74, 6) is -0.989. The van der Waals surface area contributed by atoms with Crippen molar-refractivity contribution in [3.8, 4) is 0 Å². The van der Waals surface area contributed by atoms with Crippen LogP contribution < -0.4 is 5.32 Å². The molecule has 1 amide bonds. The second-order valence-corrected chi connectivity index (χ2v) is 6.88. The summed E-state index contributed by atoms with van der Waals surface area (Å²) >= 11 is 0. The van der Waals surface area contributed by atoms with Gasteiger partial charge in [0.05, 0.1) is 24.1 Å². The van der Waals surface area contributed by atoms with E-state index in [0.717, 1.165) is 36.0 Å². The lowest BCUT2D eigenvalue weighted by Crippen LogP contribution is -2.51. The minimum Gasteiger partial charge on any atom is -0.426 e. The first-order valence-corrected chi connectivity index (χ1v) is 8.32. The highest BCUT2D eigenvalue weighted by Gasteiger charge is 2.45. The Morgan fingerprint density at radius 1 is 1.39 bits per heavy atom. The van der Waals surface area contributed by atoms with E-state index in [4.69, 9.17) is 4.74 Å². The summed E-state index contributed by atoms with van der Waals surface area (Å²) < 4.78 is 5.71. The van der Waals surface area contributed by atoms with Crippen LogP contribution in [0.3, 0.4) is 0 Å². The Hall–Kier alpha value is -1.37. The average molecular weight is 317 g/mol. The van der Waals surface area contributed by atoms with Crippen molar-refractivity contribution in [1.82, 2.24) is 5.32 Å². The number of ether oxygens (including phenoxy) is 1. The molecule has 2 aliphatic heterocycles. The van der Waals surface area contributed by atoms with E-state index in [1.807, 2.05) is 26.0 Å². The number of carbonyl (C=O) groups is 1. The minimum atomic E-state index is -1.58. The zero-order chi connectivity index (χ0) is 16.6. The fourth-order valence-electron chi connectivity index (χ4n) is 3.75. The van der Waals surface area contributed by atoms with E-state index in [1.54, 1.807) is 0 Å². The Labute approximate surface area is 137 Å². The van der Waals surface area contributed by atoms with Gasteiger partial charge in [-0.1, -0.05) is 23.8 Å². The quantitative estimate of drug-likeness (QED) is 0.706. The van der Waals surface area contributed by atoms with Gasteiger partial charge in [0.15, 0.2) is 0 Å². The number of hydrogen-bond acceptors (Lipinski definition) is 4. The molecule has 124 valence electrons. The predicted molar refractivity (Wildman–Crippen MR) is 87.7 cm³/mol. The topological polar surface area (TPSA) is 78.8 Å². The molecule has 0 spiro atoms. The van der Waals surface area contributed by atoms with Crippen LogP contribution in [0.5, 0.6) is 0 Å². The molecule has 0 saturated carbocycles. The molecule has 1 aromatic carbocycles. The normalized spacial score (nSPS) is 27.0. The average Bonchev–Trinajstić information content (AvgIpc) is 3.11. The molecule has 2 aliphatic rings. The smallest absolute Gasteiger partial charge is 0.426 e. The van der Waals surface area contributed by atoms with E-state index in [2.05, 4.69) is 11.4 Å². The van der Waals surface area contributed by atoms with Crippen molar-refractivity contribution in [2.75, 3.05) is 0 Å². The molecule has 3 rings (SSSR count). The number of carbonyl (C=O) groups excluding carboxylic acids is 1. The molecule has 0 aromatic heterocycles. The summed E-state index contributed by atoms with van der Waals surface area (Å²) in [5.41, 5.74) is 3.27. The highest BCUT2D eigenvalue weighted by Crippen LogP contribution is 2.38. The van der Waals surface area contributed by atoms with Crippen molar-refractivity contribution in [3.63, 3.8) is 0 Å². The number of rotatable bonds is 5. The largest absolute Gasteiger partial charge is 0.475 e. The summed E-state index contributed by atoms with van der Waals surface area (Å²) in [7, 11) is -1.58. The molecule has 0 aliphatic carbocycles. The molecule has 1 aromatic rings. The Morgan fingerprint density at radius 2 is 2.17 bits per heavy atom. The van der Waals surface area contributed by atoms with Crippen molar-refractivity contribution >= 4 is 13.0 Å². The van der Waals surface area contributed by atoms with Crippen molar-refractivity contribution in [2.24, 2.45) is 5.92 Å². The Balaban J connectivity index is 1.66. The molecular weight excluding hydrogens is 293 g/mol. The van der Waals surface area contributed by atoms with Gasteiger partial charge in [0.2, 0.25) is 5.91 Å². The van der Waals surface area contributed by atoms with Gasteiger partial charge in [-0.15, -0.1) is 0 Å². The molecule has 0 radical (unpaired) electrons. The van der Waals surface area contributed by atoms with E-state index in [1.165, 1.54) is 0 Å². The highest BCUT2D eigenvalue weighted by atomic mass is 16.5. The standard InChI is InChI=1S/C17H24BNO4/c1-10-3-4-12(11(2)7-10)8-16(18(21)22)19-17(20)14-9-13-5-6-15(14)23-13/h3-4,7,13-16,21-22H,5-6,8-9H2,1-2H3,(H,19,20)/t13-,14-,15+,16+/m1/s1. The zero-order valence-electron chi connectivity index (χ0n) is 13.7. The molecule has 6 heteroatoms. The maximum absolute atomic E-state index is 12.5. The fourth-order valence-corrected chi connectivity index (χ4v) is 3.75. The third-order valence-electron chi connectivity index (χ3n) is 5.07. The van der Waals surface area contributed by atoms with Crippen LogP contribution in [0.25, 0.3) is 0 Å². The molecule has 2 saturated heterocycles. The summed E-state index contributed by atoms with van der Waals surface area (Å²) in [4.78, 5) is 12.5. The Morgan fingerprint density at radius 3 is 2.74 bits per heavy atom. The van der Waals surface area contributed by atoms with Crippen LogP contribution in [0.4, 0.5) is 0 Å². The van der Waals surface area contributed by atoms with Crippen molar-refractivity contribution in [1.29, 1.82) is 0 Å². The number of benzene rings is 1. The van der Waals surface area contributed by atoms with Gasteiger partial charge in [-0.25, -0.2) is 0 Å².